The highest BCUT2D eigenvalue weighted by Gasteiger charge is 2.58. The van der Waals surface area contributed by atoms with Crippen LogP contribution in [0.3, 0.4) is 0 Å². The second kappa shape index (κ2) is 8.44. The molecule has 0 nitrogen and oxygen atoms in total. The SMILES string of the molecule is CC[C@H](/C=C/[C@@H](C)[C@H]1CC[C@H]2[C@@H]3CC=C4C[C@@H](C)CC[C@]4(C)[C@H]3CC[C@]12C)C(C)C. The summed E-state index contributed by atoms with van der Waals surface area (Å²) in [5.74, 6) is 6.98. The van der Waals surface area contributed by atoms with Gasteiger partial charge in [-0.1, -0.05) is 72.3 Å². The van der Waals surface area contributed by atoms with Gasteiger partial charge in [0.1, 0.15) is 0 Å². The summed E-state index contributed by atoms with van der Waals surface area (Å²) >= 11 is 0. The van der Waals surface area contributed by atoms with E-state index in [2.05, 4.69) is 66.7 Å². The molecular weight excluding hydrogens is 360 g/mol. The molecular formula is C30H50. The fourth-order valence-electron chi connectivity index (χ4n) is 9.03. The number of fused-ring (bicyclic) bond motifs is 5. The Morgan fingerprint density at radius 3 is 2.47 bits per heavy atom. The Morgan fingerprint density at radius 1 is 1.00 bits per heavy atom. The van der Waals surface area contributed by atoms with E-state index in [9.17, 15) is 0 Å². The molecule has 3 fully saturated rings. The van der Waals surface area contributed by atoms with Gasteiger partial charge in [0.15, 0.2) is 0 Å². The van der Waals surface area contributed by atoms with Crippen LogP contribution < -0.4 is 0 Å². The summed E-state index contributed by atoms with van der Waals surface area (Å²) in [5, 5.41) is 0. The molecule has 0 amide bonds. The summed E-state index contributed by atoms with van der Waals surface area (Å²) in [7, 11) is 0. The minimum atomic E-state index is 0.534. The average Bonchev–Trinajstić information content (AvgIpc) is 3.06. The van der Waals surface area contributed by atoms with Crippen LogP contribution in [0.15, 0.2) is 23.8 Å². The minimum Gasteiger partial charge on any atom is -0.0851 e. The lowest BCUT2D eigenvalue weighted by molar-refractivity contribution is -0.0486. The molecule has 0 aromatic heterocycles. The molecule has 170 valence electrons. The maximum Gasteiger partial charge on any atom is -0.00851 e. The molecule has 0 saturated heterocycles. The van der Waals surface area contributed by atoms with E-state index in [4.69, 9.17) is 0 Å². The third kappa shape index (κ3) is 3.67. The van der Waals surface area contributed by atoms with Crippen molar-refractivity contribution in [3.8, 4) is 0 Å². The van der Waals surface area contributed by atoms with Gasteiger partial charge in [-0.2, -0.15) is 0 Å². The third-order valence-electron chi connectivity index (χ3n) is 11.0. The molecule has 9 atom stereocenters. The maximum absolute atomic E-state index is 2.74. The zero-order valence-electron chi connectivity index (χ0n) is 21.2. The molecule has 0 radical (unpaired) electrons. The monoisotopic (exact) mass is 410 g/mol. The Bertz CT molecular complexity index is 668. The van der Waals surface area contributed by atoms with Crippen molar-refractivity contribution in [2.24, 2.45) is 58.2 Å². The van der Waals surface area contributed by atoms with Crippen molar-refractivity contribution in [2.45, 2.75) is 106 Å². The Morgan fingerprint density at radius 2 is 1.77 bits per heavy atom. The smallest absolute Gasteiger partial charge is 0.00851 e. The van der Waals surface area contributed by atoms with Gasteiger partial charge in [-0.05, 0) is 116 Å². The van der Waals surface area contributed by atoms with Gasteiger partial charge in [0.2, 0.25) is 0 Å². The zero-order chi connectivity index (χ0) is 21.7. The molecule has 4 aliphatic carbocycles. The summed E-state index contributed by atoms with van der Waals surface area (Å²) in [6.07, 6.45) is 20.9. The molecule has 0 N–H and O–H groups in total. The van der Waals surface area contributed by atoms with E-state index in [1.165, 1.54) is 57.8 Å². The van der Waals surface area contributed by atoms with E-state index < -0.39 is 0 Å². The molecule has 0 aliphatic heterocycles. The maximum atomic E-state index is 2.74. The highest BCUT2D eigenvalue weighted by atomic mass is 14.6. The van der Waals surface area contributed by atoms with E-state index >= 15 is 0 Å². The molecule has 0 aromatic rings. The molecule has 0 aromatic carbocycles. The van der Waals surface area contributed by atoms with Crippen LogP contribution in [0.5, 0.6) is 0 Å². The van der Waals surface area contributed by atoms with Crippen LogP contribution >= 0.6 is 0 Å². The lowest BCUT2D eigenvalue weighted by Crippen LogP contribution is -2.50. The van der Waals surface area contributed by atoms with E-state index in [1.54, 1.807) is 0 Å². The number of rotatable bonds is 5. The van der Waals surface area contributed by atoms with Crippen LogP contribution in [0, 0.1) is 58.2 Å². The Balaban J connectivity index is 1.52. The zero-order valence-corrected chi connectivity index (χ0v) is 21.2. The first-order chi connectivity index (χ1) is 14.2. The van der Waals surface area contributed by atoms with E-state index in [0.717, 1.165) is 47.3 Å². The molecule has 0 bridgehead atoms. The van der Waals surface area contributed by atoms with Crippen molar-refractivity contribution in [1.82, 2.24) is 0 Å². The second-order valence-electron chi connectivity index (χ2n) is 12.9. The number of hydrogen-bond acceptors (Lipinski definition) is 0. The van der Waals surface area contributed by atoms with E-state index in [-0.39, 0.29) is 0 Å². The van der Waals surface area contributed by atoms with Crippen molar-refractivity contribution >= 4 is 0 Å². The van der Waals surface area contributed by atoms with Gasteiger partial charge in [-0.3, -0.25) is 0 Å². The Kier molecular flexibility index (Phi) is 6.38. The topological polar surface area (TPSA) is 0 Å². The Hall–Kier alpha value is -0.520. The highest BCUT2D eigenvalue weighted by molar-refractivity contribution is 5.25. The molecule has 0 spiro atoms. The third-order valence-corrected chi connectivity index (χ3v) is 11.0. The van der Waals surface area contributed by atoms with Crippen LogP contribution in [0.2, 0.25) is 0 Å². The van der Waals surface area contributed by atoms with Crippen molar-refractivity contribution < 1.29 is 0 Å². The molecule has 3 saturated carbocycles. The summed E-state index contributed by atoms with van der Waals surface area (Å²) in [6, 6.07) is 0. The fourth-order valence-corrected chi connectivity index (χ4v) is 9.03. The van der Waals surface area contributed by atoms with Crippen LogP contribution in [0.1, 0.15) is 106 Å². The summed E-state index contributed by atoms with van der Waals surface area (Å²) in [4.78, 5) is 0. The quantitative estimate of drug-likeness (QED) is 0.396. The van der Waals surface area contributed by atoms with Crippen LogP contribution in [0.25, 0.3) is 0 Å². The molecule has 0 heteroatoms. The lowest BCUT2D eigenvalue weighted by atomic mass is 9.46. The van der Waals surface area contributed by atoms with Gasteiger partial charge in [0, 0.05) is 0 Å². The second-order valence-corrected chi connectivity index (χ2v) is 12.9. The molecule has 0 unspecified atom stereocenters. The summed E-state index contributed by atoms with van der Waals surface area (Å²) in [6.45, 7) is 17.5. The molecule has 4 aliphatic rings. The summed E-state index contributed by atoms with van der Waals surface area (Å²) < 4.78 is 0. The van der Waals surface area contributed by atoms with E-state index in [0.29, 0.717) is 10.8 Å². The van der Waals surface area contributed by atoms with Crippen molar-refractivity contribution in [2.75, 3.05) is 0 Å². The molecule has 4 rings (SSSR count). The van der Waals surface area contributed by atoms with Gasteiger partial charge in [-0.25, -0.2) is 0 Å². The standard InChI is InChI=1S/C30H50/c1-8-23(20(2)3)10-9-22(5)26-13-14-27-25-12-11-24-19-21(4)15-17-29(24,6)28(25)16-18-30(26,27)7/h9-11,20-23,25-28H,8,12-19H2,1-7H3/b10-9+/t21-,22+,23+,25-,26+,27-,28-,29-,30+/m0/s1. The Labute approximate surface area is 188 Å². The van der Waals surface area contributed by atoms with Crippen molar-refractivity contribution in [1.29, 1.82) is 0 Å². The molecule has 30 heavy (non-hydrogen) atoms. The van der Waals surface area contributed by atoms with Gasteiger partial charge < -0.3 is 0 Å². The van der Waals surface area contributed by atoms with Gasteiger partial charge in [0.05, 0.1) is 0 Å². The van der Waals surface area contributed by atoms with E-state index in [1.807, 2.05) is 5.57 Å². The van der Waals surface area contributed by atoms with Gasteiger partial charge in [0.25, 0.3) is 0 Å². The normalized spacial score (nSPS) is 45.6. The predicted octanol–water partition coefficient (Wildman–Crippen LogP) is 9.08. The lowest BCUT2D eigenvalue weighted by Gasteiger charge is -2.58. The van der Waals surface area contributed by atoms with Crippen LogP contribution in [0.4, 0.5) is 0 Å². The number of hydrogen-bond donors (Lipinski definition) is 0. The minimum absolute atomic E-state index is 0.534. The van der Waals surface area contributed by atoms with Crippen molar-refractivity contribution in [3.63, 3.8) is 0 Å². The predicted molar refractivity (Wildman–Crippen MR) is 131 cm³/mol. The van der Waals surface area contributed by atoms with Gasteiger partial charge >= 0.3 is 0 Å². The van der Waals surface area contributed by atoms with Crippen molar-refractivity contribution in [3.05, 3.63) is 23.8 Å². The van der Waals surface area contributed by atoms with Crippen LogP contribution in [-0.4, -0.2) is 0 Å². The fraction of sp³-hybridized carbons (Fsp3) is 0.867. The largest absolute Gasteiger partial charge is 0.0851 e. The first kappa shape index (κ1) is 22.7. The first-order valence-electron chi connectivity index (χ1n) is 13.6. The average molecular weight is 411 g/mol. The molecule has 0 heterocycles. The summed E-state index contributed by atoms with van der Waals surface area (Å²) in [5.41, 5.74) is 2.97. The van der Waals surface area contributed by atoms with Crippen LogP contribution in [-0.2, 0) is 0 Å². The van der Waals surface area contributed by atoms with Gasteiger partial charge in [-0.15, -0.1) is 0 Å². The highest BCUT2D eigenvalue weighted by Crippen LogP contribution is 2.67. The first-order valence-corrected chi connectivity index (χ1v) is 13.6. The number of allylic oxidation sites excluding steroid dienone is 4.